The Balaban J connectivity index is 1.69. The molecule has 0 unspecified atom stereocenters. The van der Waals surface area contributed by atoms with Gasteiger partial charge in [0.15, 0.2) is 0 Å². The van der Waals surface area contributed by atoms with Crippen molar-refractivity contribution in [3.63, 3.8) is 0 Å². The van der Waals surface area contributed by atoms with Crippen molar-refractivity contribution in [2.24, 2.45) is 5.92 Å². The third-order valence-corrected chi connectivity index (χ3v) is 3.78. The minimum Gasteiger partial charge on any atom is -0.376 e. The molecule has 0 N–H and O–H groups in total. The average Bonchev–Trinajstić information content (AvgIpc) is 2.41. The molecular formula is C16H24O. The molecule has 1 aromatic rings. The van der Waals surface area contributed by atoms with E-state index < -0.39 is 0 Å². The molecule has 0 aromatic heterocycles. The molecule has 0 heterocycles. The topological polar surface area (TPSA) is 9.23 Å². The van der Waals surface area contributed by atoms with Gasteiger partial charge in [-0.1, -0.05) is 50.5 Å². The molecule has 1 aliphatic rings. The van der Waals surface area contributed by atoms with E-state index >= 15 is 0 Å². The Hall–Kier alpha value is -0.820. The zero-order valence-electron chi connectivity index (χ0n) is 11.0. The molecule has 1 aromatic carbocycles. The first-order chi connectivity index (χ1) is 8.38. The highest BCUT2D eigenvalue weighted by molar-refractivity contribution is 5.21. The zero-order valence-corrected chi connectivity index (χ0v) is 11.0. The van der Waals surface area contributed by atoms with E-state index in [1.165, 1.54) is 43.2 Å². The fraction of sp³-hybridized carbons (Fsp3) is 0.625. The first kappa shape index (κ1) is 12.6. The molecular weight excluding hydrogens is 208 g/mol. The molecule has 1 heteroatoms. The van der Waals surface area contributed by atoms with Gasteiger partial charge in [0.05, 0.1) is 6.61 Å². The molecule has 0 spiro atoms. The van der Waals surface area contributed by atoms with Crippen molar-refractivity contribution >= 4 is 0 Å². The van der Waals surface area contributed by atoms with Crippen molar-refractivity contribution in [2.75, 3.05) is 6.61 Å². The largest absolute Gasteiger partial charge is 0.376 e. The zero-order chi connectivity index (χ0) is 11.9. The molecule has 0 bridgehead atoms. The van der Waals surface area contributed by atoms with E-state index in [0.29, 0.717) is 0 Å². The molecule has 17 heavy (non-hydrogen) atoms. The lowest BCUT2D eigenvalue weighted by atomic mass is 9.90. The second-order valence-corrected chi connectivity index (χ2v) is 5.19. The second kappa shape index (κ2) is 6.80. The number of hydrogen-bond donors (Lipinski definition) is 0. The van der Waals surface area contributed by atoms with Crippen LogP contribution < -0.4 is 0 Å². The summed E-state index contributed by atoms with van der Waals surface area (Å²) in [5, 5.41) is 0. The van der Waals surface area contributed by atoms with Gasteiger partial charge in [-0.15, -0.1) is 0 Å². The summed E-state index contributed by atoms with van der Waals surface area (Å²) in [6.45, 7) is 3.92. The summed E-state index contributed by atoms with van der Waals surface area (Å²) in [4.78, 5) is 0. The van der Waals surface area contributed by atoms with E-state index in [-0.39, 0.29) is 0 Å². The van der Waals surface area contributed by atoms with Crippen molar-refractivity contribution in [3.8, 4) is 0 Å². The van der Waals surface area contributed by atoms with E-state index in [1.54, 1.807) is 0 Å². The van der Waals surface area contributed by atoms with Crippen LogP contribution in [0.5, 0.6) is 0 Å². The molecule has 0 atom stereocenters. The molecule has 1 saturated carbocycles. The molecule has 1 fully saturated rings. The number of ether oxygens (including phenoxy) is 1. The van der Waals surface area contributed by atoms with Gasteiger partial charge in [0, 0.05) is 6.61 Å². The molecule has 1 aliphatic carbocycles. The predicted molar refractivity (Wildman–Crippen MR) is 72.1 cm³/mol. The standard InChI is InChI=1S/C16H24O/c1-2-14-8-10-16(11-9-14)13-17-12-15-6-4-3-5-7-15/h8-11,15H,2-7,12-13H2,1H3. The SMILES string of the molecule is CCc1ccc(COCC2CCCCC2)cc1. The van der Waals surface area contributed by atoms with Crippen molar-refractivity contribution in [2.45, 2.75) is 52.1 Å². The number of rotatable bonds is 5. The van der Waals surface area contributed by atoms with Crippen LogP contribution in [0.4, 0.5) is 0 Å². The summed E-state index contributed by atoms with van der Waals surface area (Å²) < 4.78 is 5.83. The molecule has 1 nitrogen and oxygen atoms in total. The molecule has 0 saturated heterocycles. The molecule has 0 amide bonds. The lowest BCUT2D eigenvalue weighted by Crippen LogP contribution is -2.13. The summed E-state index contributed by atoms with van der Waals surface area (Å²) in [6.07, 6.45) is 8.08. The molecule has 2 rings (SSSR count). The quantitative estimate of drug-likeness (QED) is 0.733. The van der Waals surface area contributed by atoms with Crippen LogP contribution in [-0.2, 0) is 17.8 Å². The smallest absolute Gasteiger partial charge is 0.0717 e. The second-order valence-electron chi connectivity index (χ2n) is 5.19. The van der Waals surface area contributed by atoms with Gasteiger partial charge in [-0.05, 0) is 36.3 Å². The van der Waals surface area contributed by atoms with Crippen molar-refractivity contribution in [3.05, 3.63) is 35.4 Å². The van der Waals surface area contributed by atoms with Crippen LogP contribution in [0.25, 0.3) is 0 Å². The van der Waals surface area contributed by atoms with E-state index in [1.807, 2.05) is 0 Å². The maximum absolute atomic E-state index is 5.83. The van der Waals surface area contributed by atoms with Crippen molar-refractivity contribution < 1.29 is 4.74 Å². The van der Waals surface area contributed by atoms with Crippen LogP contribution in [0.1, 0.15) is 50.2 Å². The van der Waals surface area contributed by atoms with Crippen LogP contribution in [0.15, 0.2) is 24.3 Å². The van der Waals surface area contributed by atoms with Gasteiger partial charge in [0.2, 0.25) is 0 Å². The maximum Gasteiger partial charge on any atom is 0.0717 e. The van der Waals surface area contributed by atoms with Gasteiger partial charge in [-0.25, -0.2) is 0 Å². The fourth-order valence-corrected chi connectivity index (χ4v) is 2.57. The summed E-state index contributed by atoms with van der Waals surface area (Å²) in [5.41, 5.74) is 2.71. The summed E-state index contributed by atoms with van der Waals surface area (Å²) in [7, 11) is 0. The fourth-order valence-electron chi connectivity index (χ4n) is 2.57. The predicted octanol–water partition coefficient (Wildman–Crippen LogP) is 4.35. The Morgan fingerprint density at radius 2 is 1.65 bits per heavy atom. The van der Waals surface area contributed by atoms with Crippen molar-refractivity contribution in [1.29, 1.82) is 0 Å². The summed E-state index contributed by atoms with van der Waals surface area (Å²) in [6, 6.07) is 8.80. The Bertz CT molecular complexity index is 309. The normalized spacial score (nSPS) is 17.2. The van der Waals surface area contributed by atoms with Gasteiger partial charge in [-0.3, -0.25) is 0 Å². The highest BCUT2D eigenvalue weighted by Crippen LogP contribution is 2.23. The van der Waals surface area contributed by atoms with E-state index in [4.69, 9.17) is 4.74 Å². The van der Waals surface area contributed by atoms with Gasteiger partial charge < -0.3 is 4.74 Å². The summed E-state index contributed by atoms with van der Waals surface area (Å²) >= 11 is 0. The first-order valence-corrected chi connectivity index (χ1v) is 7.04. The monoisotopic (exact) mass is 232 g/mol. The average molecular weight is 232 g/mol. The Morgan fingerprint density at radius 1 is 1.00 bits per heavy atom. The van der Waals surface area contributed by atoms with Crippen LogP contribution in [-0.4, -0.2) is 6.61 Å². The van der Waals surface area contributed by atoms with Crippen LogP contribution in [0, 0.1) is 5.92 Å². The lowest BCUT2D eigenvalue weighted by Gasteiger charge is -2.21. The van der Waals surface area contributed by atoms with Gasteiger partial charge >= 0.3 is 0 Å². The molecule has 0 aliphatic heterocycles. The Kier molecular flexibility index (Phi) is 5.06. The molecule has 94 valence electrons. The van der Waals surface area contributed by atoms with Crippen molar-refractivity contribution in [1.82, 2.24) is 0 Å². The number of aryl methyl sites for hydroxylation is 1. The maximum atomic E-state index is 5.83. The van der Waals surface area contributed by atoms with Crippen LogP contribution in [0.2, 0.25) is 0 Å². The van der Waals surface area contributed by atoms with Crippen LogP contribution in [0.3, 0.4) is 0 Å². The van der Waals surface area contributed by atoms with Gasteiger partial charge in [0.1, 0.15) is 0 Å². The third-order valence-electron chi connectivity index (χ3n) is 3.78. The lowest BCUT2D eigenvalue weighted by molar-refractivity contribution is 0.0739. The minimum absolute atomic E-state index is 0.778. The first-order valence-electron chi connectivity index (χ1n) is 7.04. The van der Waals surface area contributed by atoms with E-state index in [2.05, 4.69) is 31.2 Å². The van der Waals surface area contributed by atoms with E-state index in [9.17, 15) is 0 Å². The Morgan fingerprint density at radius 3 is 2.29 bits per heavy atom. The summed E-state index contributed by atoms with van der Waals surface area (Å²) in [5.74, 6) is 0.818. The highest BCUT2D eigenvalue weighted by Gasteiger charge is 2.13. The number of hydrogen-bond acceptors (Lipinski definition) is 1. The minimum atomic E-state index is 0.778. The third kappa shape index (κ3) is 4.16. The Labute approximate surface area is 105 Å². The number of benzene rings is 1. The molecule has 0 radical (unpaired) electrons. The highest BCUT2D eigenvalue weighted by atomic mass is 16.5. The van der Waals surface area contributed by atoms with Crippen LogP contribution >= 0.6 is 0 Å². The van der Waals surface area contributed by atoms with E-state index in [0.717, 1.165) is 25.6 Å². The van der Waals surface area contributed by atoms with Gasteiger partial charge in [0.25, 0.3) is 0 Å². The van der Waals surface area contributed by atoms with Gasteiger partial charge in [-0.2, -0.15) is 0 Å².